The van der Waals surface area contributed by atoms with E-state index in [0.717, 1.165) is 0 Å². The quantitative estimate of drug-likeness (QED) is 0.617. The topological polar surface area (TPSA) is 79.5 Å². The van der Waals surface area contributed by atoms with Crippen LogP contribution >= 0.6 is 0 Å². The number of hydrogen-bond acceptors (Lipinski definition) is 4. The molecule has 6 heteroatoms. The van der Waals surface area contributed by atoms with Gasteiger partial charge in [-0.2, -0.15) is 0 Å². The summed E-state index contributed by atoms with van der Waals surface area (Å²) in [7, 11) is 1.60. The van der Waals surface area contributed by atoms with Crippen molar-refractivity contribution < 1.29 is 14.3 Å². The molecule has 0 aliphatic heterocycles. The molecule has 0 saturated heterocycles. The first-order chi connectivity index (χ1) is 7.24. The highest BCUT2D eigenvalue weighted by atomic mass is 16.6. The zero-order valence-corrected chi connectivity index (χ0v) is 10.5. The number of carbonyl (C=O) groups is 2. The van der Waals surface area contributed by atoms with Gasteiger partial charge in [-0.3, -0.25) is 10.2 Å². The maximum Gasteiger partial charge on any atom is 0.407 e. The largest absolute Gasteiger partial charge is 0.444 e. The molecule has 16 heavy (non-hydrogen) atoms. The van der Waals surface area contributed by atoms with Crippen molar-refractivity contribution >= 4 is 12.0 Å². The van der Waals surface area contributed by atoms with Crippen LogP contribution in [0.25, 0.3) is 0 Å². The van der Waals surface area contributed by atoms with Crippen LogP contribution in [0.15, 0.2) is 0 Å². The average Bonchev–Trinajstić information content (AvgIpc) is 1.98. The number of hydrazine groups is 1. The standard InChI is InChI=1S/C10H21N3O3/c1-7(6-8(14)13-11-5)12-9(15)16-10(2,3)4/h7,11H,6H2,1-5H3,(H,12,15)(H,13,14). The molecule has 0 heterocycles. The Balaban J connectivity index is 3.91. The van der Waals surface area contributed by atoms with Crippen molar-refractivity contribution in [1.29, 1.82) is 0 Å². The molecule has 0 aliphatic rings. The Morgan fingerprint density at radius 2 is 1.88 bits per heavy atom. The molecular formula is C10H21N3O3. The first-order valence-electron chi connectivity index (χ1n) is 5.19. The van der Waals surface area contributed by atoms with Crippen molar-refractivity contribution in [3.8, 4) is 0 Å². The van der Waals surface area contributed by atoms with E-state index in [9.17, 15) is 9.59 Å². The van der Waals surface area contributed by atoms with Gasteiger partial charge in [-0.15, -0.1) is 0 Å². The molecule has 0 spiro atoms. The van der Waals surface area contributed by atoms with Gasteiger partial charge in [0.25, 0.3) is 0 Å². The van der Waals surface area contributed by atoms with Crippen LogP contribution in [-0.4, -0.2) is 30.7 Å². The second-order valence-corrected chi connectivity index (χ2v) is 4.55. The summed E-state index contributed by atoms with van der Waals surface area (Å²) < 4.78 is 5.05. The van der Waals surface area contributed by atoms with Gasteiger partial charge in [0.1, 0.15) is 5.60 Å². The molecule has 0 aliphatic carbocycles. The number of carbonyl (C=O) groups excluding carboxylic acids is 2. The minimum Gasteiger partial charge on any atom is -0.444 e. The Morgan fingerprint density at radius 1 is 1.31 bits per heavy atom. The predicted molar refractivity (Wildman–Crippen MR) is 60.7 cm³/mol. The molecule has 0 radical (unpaired) electrons. The zero-order valence-electron chi connectivity index (χ0n) is 10.5. The fourth-order valence-electron chi connectivity index (χ4n) is 1.03. The molecule has 0 bridgehead atoms. The van der Waals surface area contributed by atoms with Gasteiger partial charge in [0.05, 0.1) is 0 Å². The highest BCUT2D eigenvalue weighted by Gasteiger charge is 2.18. The van der Waals surface area contributed by atoms with Crippen molar-refractivity contribution in [2.45, 2.75) is 45.8 Å². The lowest BCUT2D eigenvalue weighted by Crippen LogP contribution is -2.42. The SMILES string of the molecule is CNNC(=O)CC(C)NC(=O)OC(C)(C)C. The lowest BCUT2D eigenvalue weighted by Gasteiger charge is -2.21. The Hall–Kier alpha value is -1.30. The van der Waals surface area contributed by atoms with Crippen LogP contribution in [0, 0.1) is 0 Å². The molecule has 2 amide bonds. The average molecular weight is 231 g/mol. The normalized spacial score (nSPS) is 12.8. The van der Waals surface area contributed by atoms with Crippen molar-refractivity contribution in [2.75, 3.05) is 7.05 Å². The Morgan fingerprint density at radius 3 is 2.31 bits per heavy atom. The summed E-state index contributed by atoms with van der Waals surface area (Å²) in [6.45, 7) is 7.08. The predicted octanol–water partition coefficient (Wildman–Crippen LogP) is 0.540. The van der Waals surface area contributed by atoms with Gasteiger partial charge in [0.2, 0.25) is 5.91 Å². The van der Waals surface area contributed by atoms with Gasteiger partial charge in [0.15, 0.2) is 0 Å². The van der Waals surface area contributed by atoms with Crippen molar-refractivity contribution in [2.24, 2.45) is 0 Å². The molecular weight excluding hydrogens is 210 g/mol. The van der Waals surface area contributed by atoms with E-state index in [0.29, 0.717) is 0 Å². The fourth-order valence-corrected chi connectivity index (χ4v) is 1.03. The summed E-state index contributed by atoms with van der Waals surface area (Å²) in [4.78, 5) is 22.5. The smallest absolute Gasteiger partial charge is 0.407 e. The second kappa shape index (κ2) is 6.32. The molecule has 0 aromatic rings. The third-order valence-corrected chi connectivity index (χ3v) is 1.52. The fraction of sp³-hybridized carbons (Fsp3) is 0.800. The zero-order chi connectivity index (χ0) is 12.8. The number of amides is 2. The van der Waals surface area contributed by atoms with Gasteiger partial charge in [-0.1, -0.05) is 0 Å². The molecule has 1 atom stereocenters. The summed E-state index contributed by atoms with van der Waals surface area (Å²) in [6.07, 6.45) is -0.322. The van der Waals surface area contributed by atoms with Crippen LogP contribution < -0.4 is 16.2 Å². The van der Waals surface area contributed by atoms with Crippen molar-refractivity contribution in [1.82, 2.24) is 16.2 Å². The van der Waals surface area contributed by atoms with Crippen LogP contribution in [0.1, 0.15) is 34.1 Å². The van der Waals surface area contributed by atoms with E-state index in [-0.39, 0.29) is 18.4 Å². The number of nitrogens with one attached hydrogen (secondary N) is 3. The number of hydrogen-bond donors (Lipinski definition) is 3. The molecule has 3 N–H and O–H groups in total. The number of rotatable bonds is 4. The van der Waals surface area contributed by atoms with Crippen molar-refractivity contribution in [3.63, 3.8) is 0 Å². The van der Waals surface area contributed by atoms with Gasteiger partial charge >= 0.3 is 6.09 Å². The van der Waals surface area contributed by atoms with E-state index in [4.69, 9.17) is 4.74 Å². The van der Waals surface area contributed by atoms with Crippen LogP contribution in [-0.2, 0) is 9.53 Å². The maximum atomic E-state index is 11.3. The molecule has 0 fully saturated rings. The van der Waals surface area contributed by atoms with Crippen LogP contribution in [0.4, 0.5) is 4.79 Å². The van der Waals surface area contributed by atoms with E-state index in [2.05, 4.69) is 16.2 Å². The third-order valence-electron chi connectivity index (χ3n) is 1.52. The van der Waals surface area contributed by atoms with E-state index in [1.165, 1.54) is 0 Å². The third kappa shape index (κ3) is 8.05. The molecule has 1 unspecified atom stereocenters. The Kier molecular flexibility index (Phi) is 5.81. The highest BCUT2D eigenvalue weighted by Crippen LogP contribution is 2.06. The molecule has 94 valence electrons. The minimum atomic E-state index is -0.531. The summed E-state index contributed by atoms with van der Waals surface area (Å²) in [5.74, 6) is -0.189. The van der Waals surface area contributed by atoms with Crippen LogP contribution in [0.5, 0.6) is 0 Å². The molecule has 0 rings (SSSR count). The van der Waals surface area contributed by atoms with Gasteiger partial charge < -0.3 is 10.1 Å². The molecule has 0 aromatic carbocycles. The van der Waals surface area contributed by atoms with Gasteiger partial charge in [-0.25, -0.2) is 10.2 Å². The maximum absolute atomic E-state index is 11.3. The van der Waals surface area contributed by atoms with Crippen LogP contribution in [0.2, 0.25) is 0 Å². The number of ether oxygens (including phenoxy) is 1. The summed E-state index contributed by atoms with van der Waals surface area (Å²) in [5.41, 5.74) is 4.41. The lowest BCUT2D eigenvalue weighted by molar-refractivity contribution is -0.122. The molecule has 0 saturated carbocycles. The Labute approximate surface area is 96.1 Å². The molecule has 6 nitrogen and oxygen atoms in total. The highest BCUT2D eigenvalue weighted by molar-refractivity contribution is 5.77. The van der Waals surface area contributed by atoms with Gasteiger partial charge in [0, 0.05) is 19.5 Å². The first kappa shape index (κ1) is 14.7. The monoisotopic (exact) mass is 231 g/mol. The second-order valence-electron chi connectivity index (χ2n) is 4.55. The summed E-state index contributed by atoms with van der Waals surface area (Å²) >= 11 is 0. The van der Waals surface area contributed by atoms with E-state index < -0.39 is 11.7 Å². The molecule has 0 aromatic heterocycles. The van der Waals surface area contributed by atoms with E-state index >= 15 is 0 Å². The number of alkyl carbamates (subject to hydrolysis) is 1. The lowest BCUT2D eigenvalue weighted by atomic mass is 10.2. The Bertz CT molecular complexity index is 248. The van der Waals surface area contributed by atoms with Gasteiger partial charge in [-0.05, 0) is 27.7 Å². The summed E-state index contributed by atoms with van der Waals surface area (Å²) in [5, 5.41) is 2.58. The first-order valence-corrected chi connectivity index (χ1v) is 5.19. The van der Waals surface area contributed by atoms with E-state index in [1.54, 1.807) is 34.7 Å². The van der Waals surface area contributed by atoms with Crippen molar-refractivity contribution in [3.05, 3.63) is 0 Å². The summed E-state index contributed by atoms with van der Waals surface area (Å²) in [6, 6.07) is -0.275. The van der Waals surface area contributed by atoms with E-state index in [1.807, 2.05) is 0 Å². The minimum absolute atomic E-state index is 0.189. The van der Waals surface area contributed by atoms with Crippen LogP contribution in [0.3, 0.4) is 0 Å².